The summed E-state index contributed by atoms with van der Waals surface area (Å²) in [5.74, 6) is -1.13. The van der Waals surface area contributed by atoms with Gasteiger partial charge in [0.2, 0.25) is 5.56 Å². The summed E-state index contributed by atoms with van der Waals surface area (Å²) in [6.07, 6.45) is -5.40. The summed E-state index contributed by atoms with van der Waals surface area (Å²) in [6, 6.07) is 11.0. The third-order valence-electron chi connectivity index (χ3n) is 4.98. The number of aliphatic imine (C=N–C) groups is 1. The zero-order chi connectivity index (χ0) is 22.8. The van der Waals surface area contributed by atoms with Crippen LogP contribution in [0.4, 0.5) is 23.2 Å². The van der Waals surface area contributed by atoms with Gasteiger partial charge in [0.25, 0.3) is 0 Å². The van der Waals surface area contributed by atoms with E-state index < -0.39 is 35.5 Å². The largest absolute Gasteiger partial charge is 0.496 e. The van der Waals surface area contributed by atoms with Crippen LogP contribution in [0.1, 0.15) is 24.8 Å². The van der Waals surface area contributed by atoms with Crippen LogP contribution in [0.25, 0.3) is 10.9 Å². The normalized spacial score (nSPS) is 15.2. The number of H-pyrrole nitrogens is 1. The van der Waals surface area contributed by atoms with Gasteiger partial charge in [0.15, 0.2) is 5.60 Å². The molecule has 2 atom stereocenters. The van der Waals surface area contributed by atoms with Gasteiger partial charge < -0.3 is 14.8 Å². The minimum atomic E-state index is -5.04. The molecule has 164 valence electrons. The SMILES string of the molecule is COc1ccccc1C(C)CC(O)(C=Nc1cc(F)cc2[nH]c(=O)ccc12)C(F)(F)F. The molecule has 0 aliphatic rings. The van der Waals surface area contributed by atoms with Crippen LogP contribution in [0.3, 0.4) is 0 Å². The van der Waals surface area contributed by atoms with E-state index >= 15 is 0 Å². The highest BCUT2D eigenvalue weighted by Crippen LogP contribution is 2.40. The number of fused-ring (bicyclic) bond motifs is 1. The smallest absolute Gasteiger partial charge is 0.422 e. The Kier molecular flexibility index (Phi) is 6.17. The number of ether oxygens (including phenoxy) is 1. The van der Waals surface area contributed by atoms with Gasteiger partial charge in [-0.25, -0.2) is 4.39 Å². The average Bonchev–Trinajstić information content (AvgIpc) is 2.70. The van der Waals surface area contributed by atoms with Crippen molar-refractivity contribution < 1.29 is 27.4 Å². The van der Waals surface area contributed by atoms with Crippen LogP contribution in [0.5, 0.6) is 5.75 Å². The number of rotatable bonds is 6. The van der Waals surface area contributed by atoms with Gasteiger partial charge in [0, 0.05) is 23.7 Å². The Bertz CT molecular complexity index is 1170. The van der Waals surface area contributed by atoms with Crippen molar-refractivity contribution in [1.29, 1.82) is 0 Å². The third kappa shape index (κ3) is 4.77. The van der Waals surface area contributed by atoms with E-state index in [0.717, 1.165) is 18.2 Å². The average molecular weight is 436 g/mol. The second-order valence-corrected chi connectivity index (χ2v) is 7.24. The Balaban J connectivity index is 2.01. The van der Waals surface area contributed by atoms with Crippen molar-refractivity contribution >= 4 is 22.8 Å². The highest BCUT2D eigenvalue weighted by atomic mass is 19.4. The molecule has 5 nitrogen and oxygen atoms in total. The van der Waals surface area contributed by atoms with Crippen LogP contribution in [0, 0.1) is 5.82 Å². The number of aliphatic hydroxyl groups is 1. The first-order chi connectivity index (χ1) is 14.5. The maximum atomic E-state index is 13.9. The minimum Gasteiger partial charge on any atom is -0.496 e. The first-order valence-corrected chi connectivity index (χ1v) is 9.34. The van der Waals surface area contributed by atoms with Crippen molar-refractivity contribution in [1.82, 2.24) is 4.98 Å². The Morgan fingerprint density at radius 1 is 1.19 bits per heavy atom. The van der Waals surface area contributed by atoms with Gasteiger partial charge in [-0.3, -0.25) is 9.79 Å². The maximum Gasteiger partial charge on any atom is 0.422 e. The molecule has 9 heteroatoms. The van der Waals surface area contributed by atoms with Crippen LogP contribution in [-0.4, -0.2) is 35.2 Å². The molecule has 2 N–H and O–H groups in total. The van der Waals surface area contributed by atoms with Gasteiger partial charge in [0.1, 0.15) is 11.6 Å². The van der Waals surface area contributed by atoms with Crippen LogP contribution in [0.2, 0.25) is 0 Å². The molecule has 1 aromatic heterocycles. The predicted octanol–water partition coefficient (Wildman–Crippen LogP) is 4.87. The van der Waals surface area contributed by atoms with E-state index in [0.29, 0.717) is 17.5 Å². The van der Waals surface area contributed by atoms with Crippen LogP contribution in [-0.2, 0) is 0 Å². The molecule has 0 radical (unpaired) electrons. The quantitative estimate of drug-likeness (QED) is 0.428. The second kappa shape index (κ2) is 8.50. The lowest BCUT2D eigenvalue weighted by atomic mass is 9.86. The number of hydrogen-bond donors (Lipinski definition) is 2. The Morgan fingerprint density at radius 3 is 2.58 bits per heavy atom. The van der Waals surface area contributed by atoms with E-state index in [1.54, 1.807) is 24.3 Å². The number of aromatic amines is 1. The van der Waals surface area contributed by atoms with E-state index in [1.807, 2.05) is 0 Å². The van der Waals surface area contributed by atoms with E-state index in [1.165, 1.54) is 20.1 Å². The van der Waals surface area contributed by atoms with E-state index in [2.05, 4.69) is 9.98 Å². The molecule has 3 rings (SSSR count). The fourth-order valence-corrected chi connectivity index (χ4v) is 3.39. The Hall–Kier alpha value is -3.20. The van der Waals surface area contributed by atoms with Gasteiger partial charge >= 0.3 is 6.18 Å². The van der Waals surface area contributed by atoms with Gasteiger partial charge in [-0.05, 0) is 36.1 Å². The lowest BCUT2D eigenvalue weighted by Gasteiger charge is -2.30. The van der Waals surface area contributed by atoms with Crippen LogP contribution < -0.4 is 10.3 Å². The van der Waals surface area contributed by atoms with Crippen molar-refractivity contribution in [3.8, 4) is 5.75 Å². The van der Waals surface area contributed by atoms with Crippen molar-refractivity contribution in [3.63, 3.8) is 0 Å². The molecule has 1 heterocycles. The third-order valence-corrected chi connectivity index (χ3v) is 4.98. The number of methoxy groups -OCH3 is 1. The van der Waals surface area contributed by atoms with Crippen molar-refractivity contribution in [3.05, 3.63) is 70.3 Å². The van der Waals surface area contributed by atoms with Crippen molar-refractivity contribution in [2.45, 2.75) is 31.0 Å². The number of halogens is 4. The van der Waals surface area contributed by atoms with Crippen molar-refractivity contribution in [2.24, 2.45) is 4.99 Å². The summed E-state index contributed by atoms with van der Waals surface area (Å²) in [5.41, 5.74) is -3.36. The fourth-order valence-electron chi connectivity index (χ4n) is 3.39. The molecule has 0 fully saturated rings. The molecule has 3 aromatic rings. The Morgan fingerprint density at radius 2 is 1.90 bits per heavy atom. The highest BCUT2D eigenvalue weighted by Gasteiger charge is 2.53. The maximum absolute atomic E-state index is 13.9. The molecule has 2 aromatic carbocycles. The van der Waals surface area contributed by atoms with E-state index in [9.17, 15) is 27.5 Å². The van der Waals surface area contributed by atoms with E-state index in [-0.39, 0.29) is 16.6 Å². The molecule has 0 saturated heterocycles. The van der Waals surface area contributed by atoms with Crippen LogP contribution >= 0.6 is 0 Å². The number of aromatic nitrogens is 1. The van der Waals surface area contributed by atoms with Gasteiger partial charge in [-0.2, -0.15) is 13.2 Å². The van der Waals surface area contributed by atoms with Crippen LogP contribution in [0.15, 0.2) is 58.3 Å². The number of pyridine rings is 1. The molecular formula is C22H20F4N2O3. The van der Waals surface area contributed by atoms with Gasteiger partial charge in [-0.15, -0.1) is 0 Å². The number of hydrogen-bond acceptors (Lipinski definition) is 4. The molecule has 2 unspecified atom stereocenters. The Labute approximate surface area is 175 Å². The summed E-state index contributed by atoms with van der Waals surface area (Å²) in [5, 5.41) is 10.8. The topological polar surface area (TPSA) is 74.7 Å². The summed E-state index contributed by atoms with van der Waals surface area (Å²) in [7, 11) is 1.41. The fraction of sp³-hybridized carbons (Fsp3) is 0.273. The van der Waals surface area contributed by atoms with Gasteiger partial charge in [-0.1, -0.05) is 25.1 Å². The lowest BCUT2D eigenvalue weighted by Crippen LogP contribution is -2.47. The first kappa shape index (κ1) is 22.5. The number of nitrogens with zero attached hydrogens (tertiary/aromatic N) is 1. The number of nitrogens with one attached hydrogen (secondary N) is 1. The summed E-state index contributed by atoms with van der Waals surface area (Å²) >= 11 is 0. The zero-order valence-corrected chi connectivity index (χ0v) is 16.7. The van der Waals surface area contributed by atoms with Crippen molar-refractivity contribution in [2.75, 3.05) is 7.11 Å². The summed E-state index contributed by atoms with van der Waals surface area (Å²) < 4.78 is 60.6. The standard InChI is InChI=1S/C22H20F4N2O3/c1-13(15-5-3-4-6-19(15)31-2)11-21(30,22(24,25)26)12-27-17-9-14(23)10-18-16(17)7-8-20(29)28-18/h3-10,12-13,30H,11H2,1-2H3,(H,28,29). The molecule has 0 saturated carbocycles. The number of benzene rings is 2. The molecule has 31 heavy (non-hydrogen) atoms. The highest BCUT2D eigenvalue weighted by molar-refractivity contribution is 5.92. The van der Waals surface area contributed by atoms with E-state index in [4.69, 9.17) is 4.74 Å². The molecule has 0 amide bonds. The molecule has 0 aliphatic heterocycles. The van der Waals surface area contributed by atoms with Gasteiger partial charge in [0.05, 0.1) is 18.3 Å². The second-order valence-electron chi connectivity index (χ2n) is 7.24. The zero-order valence-electron chi connectivity index (χ0n) is 16.7. The number of para-hydroxylation sites is 1. The number of alkyl halides is 3. The lowest BCUT2D eigenvalue weighted by molar-refractivity contribution is -0.231. The molecular weight excluding hydrogens is 416 g/mol. The molecule has 0 aliphatic carbocycles. The molecule has 0 spiro atoms. The summed E-state index contributed by atoms with van der Waals surface area (Å²) in [6.45, 7) is 1.53. The monoisotopic (exact) mass is 436 g/mol. The first-order valence-electron chi connectivity index (χ1n) is 9.34. The summed E-state index contributed by atoms with van der Waals surface area (Å²) in [4.78, 5) is 17.6. The molecule has 0 bridgehead atoms. The minimum absolute atomic E-state index is 0.0811. The predicted molar refractivity (Wildman–Crippen MR) is 110 cm³/mol.